The average molecular weight is 184 g/mol. The molecule has 0 aliphatic rings. The molecule has 0 aliphatic heterocycles. The molecule has 0 unspecified atom stereocenters. The molecule has 0 aliphatic carbocycles. The molecule has 1 aromatic rings. The van der Waals surface area contributed by atoms with E-state index >= 15 is 0 Å². The molecule has 0 amide bonds. The maximum Gasteiger partial charge on any atom is 0.109 e. The fraction of sp³-hybridized carbons (Fsp3) is 0.667. The zero-order valence-electron chi connectivity index (χ0n) is 10.1. The van der Waals surface area contributed by atoms with Crippen LogP contribution in [-0.4, -0.2) is 0 Å². The van der Waals surface area contributed by atoms with Gasteiger partial charge in [-0.15, -0.1) is 0 Å². The van der Waals surface area contributed by atoms with Gasteiger partial charge in [0.1, 0.15) is 5.76 Å². The Bertz CT molecular complexity index is 168. The number of hydrogen-bond donors (Lipinski definition) is 0. The lowest BCUT2D eigenvalue weighted by Gasteiger charge is -2.13. The van der Waals surface area contributed by atoms with Gasteiger partial charge < -0.3 is 4.42 Å². The van der Waals surface area contributed by atoms with Crippen LogP contribution in [0.4, 0.5) is 0 Å². The third-order valence-corrected chi connectivity index (χ3v) is 1.26. The van der Waals surface area contributed by atoms with Crippen molar-refractivity contribution in [3.63, 3.8) is 0 Å². The van der Waals surface area contributed by atoms with E-state index in [2.05, 4.69) is 20.8 Å². The summed E-state index contributed by atoms with van der Waals surface area (Å²) in [5, 5.41) is 0. The third kappa shape index (κ3) is 6.44. The van der Waals surface area contributed by atoms with E-state index in [0.29, 0.717) is 0 Å². The molecule has 0 aromatic carbocycles. The van der Waals surface area contributed by atoms with Gasteiger partial charge in [-0.2, -0.15) is 0 Å². The van der Waals surface area contributed by atoms with Crippen LogP contribution in [0.25, 0.3) is 0 Å². The zero-order chi connectivity index (χ0) is 10.9. The van der Waals surface area contributed by atoms with Crippen LogP contribution in [0.1, 0.15) is 54.2 Å². The molecular formula is C12H24O. The Hall–Kier alpha value is -0.720. The zero-order valence-corrected chi connectivity index (χ0v) is 10.1. The van der Waals surface area contributed by atoms with Gasteiger partial charge >= 0.3 is 0 Å². The first-order chi connectivity index (χ1) is 6.11. The van der Waals surface area contributed by atoms with Crippen LogP contribution < -0.4 is 0 Å². The largest absolute Gasteiger partial charge is 0.469 e. The maximum atomic E-state index is 5.20. The quantitative estimate of drug-likeness (QED) is 0.573. The van der Waals surface area contributed by atoms with Crippen molar-refractivity contribution in [1.82, 2.24) is 0 Å². The van der Waals surface area contributed by atoms with Gasteiger partial charge in [0.25, 0.3) is 0 Å². The molecule has 78 valence electrons. The first-order valence-corrected chi connectivity index (χ1v) is 5.15. The highest BCUT2D eigenvalue weighted by atomic mass is 16.3. The highest BCUT2D eigenvalue weighted by Crippen LogP contribution is 2.21. The molecule has 0 atom stereocenters. The first kappa shape index (κ1) is 14.8. The van der Waals surface area contributed by atoms with Crippen LogP contribution in [0.15, 0.2) is 22.8 Å². The standard InChI is InChI=1S/C8H12O.2C2H6/c1-8(2,3)7-5-4-6-9-7;2*1-2/h4-6H,1-3H3;2*1-2H3. The van der Waals surface area contributed by atoms with Crippen LogP contribution in [0.2, 0.25) is 0 Å². The van der Waals surface area contributed by atoms with E-state index in [0.717, 1.165) is 5.76 Å². The van der Waals surface area contributed by atoms with Gasteiger partial charge in [0.15, 0.2) is 0 Å². The summed E-state index contributed by atoms with van der Waals surface area (Å²) in [6, 6.07) is 3.92. The predicted molar refractivity (Wildman–Crippen MR) is 60.1 cm³/mol. The van der Waals surface area contributed by atoms with Crippen LogP contribution >= 0.6 is 0 Å². The van der Waals surface area contributed by atoms with Crippen LogP contribution in [0.5, 0.6) is 0 Å². The van der Waals surface area contributed by atoms with Crippen LogP contribution in [0.3, 0.4) is 0 Å². The second kappa shape index (κ2) is 7.90. The smallest absolute Gasteiger partial charge is 0.109 e. The molecule has 13 heavy (non-hydrogen) atoms. The molecule has 1 heterocycles. The van der Waals surface area contributed by atoms with E-state index in [1.165, 1.54) is 0 Å². The monoisotopic (exact) mass is 184 g/mol. The van der Waals surface area contributed by atoms with Crippen molar-refractivity contribution in [2.45, 2.75) is 53.9 Å². The van der Waals surface area contributed by atoms with Gasteiger partial charge in [-0.1, -0.05) is 48.5 Å². The SMILES string of the molecule is CC.CC.CC(C)(C)c1ccco1. The predicted octanol–water partition coefficient (Wildman–Crippen LogP) is 4.63. The van der Waals surface area contributed by atoms with E-state index in [4.69, 9.17) is 4.42 Å². The molecule has 0 fully saturated rings. The summed E-state index contributed by atoms with van der Waals surface area (Å²) >= 11 is 0. The normalized spacial score (nSPS) is 9.15. The summed E-state index contributed by atoms with van der Waals surface area (Å²) in [6.45, 7) is 14.4. The van der Waals surface area contributed by atoms with Gasteiger partial charge in [-0.25, -0.2) is 0 Å². The van der Waals surface area contributed by atoms with Crippen molar-refractivity contribution in [3.05, 3.63) is 24.2 Å². The third-order valence-electron chi connectivity index (χ3n) is 1.26. The molecule has 0 radical (unpaired) electrons. The molecule has 1 nitrogen and oxygen atoms in total. The van der Waals surface area contributed by atoms with Crippen molar-refractivity contribution < 1.29 is 4.42 Å². The maximum absolute atomic E-state index is 5.20. The Kier molecular flexibility index (Phi) is 8.99. The second-order valence-corrected chi connectivity index (χ2v) is 3.23. The van der Waals surface area contributed by atoms with Crippen LogP contribution in [-0.2, 0) is 5.41 Å². The summed E-state index contributed by atoms with van der Waals surface area (Å²) in [4.78, 5) is 0. The molecule has 0 saturated carbocycles. The van der Waals surface area contributed by atoms with E-state index in [9.17, 15) is 0 Å². The molecule has 1 heteroatoms. The van der Waals surface area contributed by atoms with Crippen molar-refractivity contribution in [3.8, 4) is 0 Å². The van der Waals surface area contributed by atoms with Gasteiger partial charge in [0.2, 0.25) is 0 Å². The summed E-state index contributed by atoms with van der Waals surface area (Å²) in [5.74, 6) is 1.04. The minimum Gasteiger partial charge on any atom is -0.469 e. The van der Waals surface area contributed by atoms with Crippen LogP contribution in [0, 0.1) is 0 Å². The highest BCUT2D eigenvalue weighted by molar-refractivity contribution is 5.08. The van der Waals surface area contributed by atoms with Crippen molar-refractivity contribution in [2.24, 2.45) is 0 Å². The Balaban J connectivity index is 0. The Morgan fingerprint density at radius 3 is 1.62 bits per heavy atom. The second-order valence-electron chi connectivity index (χ2n) is 3.23. The molecule has 0 N–H and O–H groups in total. The van der Waals surface area contributed by atoms with Gasteiger partial charge in [-0.3, -0.25) is 0 Å². The summed E-state index contributed by atoms with van der Waals surface area (Å²) in [5.41, 5.74) is 0.156. The molecular weight excluding hydrogens is 160 g/mol. The molecule has 1 aromatic heterocycles. The summed E-state index contributed by atoms with van der Waals surface area (Å²) < 4.78 is 5.20. The van der Waals surface area contributed by atoms with Crippen molar-refractivity contribution in [2.75, 3.05) is 0 Å². The van der Waals surface area contributed by atoms with Gasteiger partial charge in [0, 0.05) is 5.41 Å². The lowest BCUT2D eigenvalue weighted by molar-refractivity contribution is 0.409. The van der Waals surface area contributed by atoms with E-state index in [-0.39, 0.29) is 5.41 Å². The Labute approximate surface area is 83.2 Å². The fourth-order valence-corrected chi connectivity index (χ4v) is 0.705. The Morgan fingerprint density at radius 1 is 1.00 bits per heavy atom. The minimum absolute atomic E-state index is 0.156. The van der Waals surface area contributed by atoms with E-state index < -0.39 is 0 Å². The number of hydrogen-bond acceptors (Lipinski definition) is 1. The van der Waals surface area contributed by atoms with E-state index in [1.54, 1.807) is 6.26 Å². The van der Waals surface area contributed by atoms with E-state index in [1.807, 2.05) is 39.8 Å². The van der Waals surface area contributed by atoms with Gasteiger partial charge in [-0.05, 0) is 12.1 Å². The van der Waals surface area contributed by atoms with Crippen molar-refractivity contribution in [1.29, 1.82) is 0 Å². The topological polar surface area (TPSA) is 13.1 Å². The minimum atomic E-state index is 0.156. The molecule has 0 saturated heterocycles. The highest BCUT2D eigenvalue weighted by Gasteiger charge is 2.15. The molecule has 1 rings (SSSR count). The lowest BCUT2D eigenvalue weighted by atomic mass is 9.94. The number of rotatable bonds is 0. The Morgan fingerprint density at radius 2 is 1.46 bits per heavy atom. The molecule has 0 bridgehead atoms. The first-order valence-electron chi connectivity index (χ1n) is 5.15. The van der Waals surface area contributed by atoms with Gasteiger partial charge in [0.05, 0.1) is 6.26 Å². The summed E-state index contributed by atoms with van der Waals surface area (Å²) in [6.07, 6.45) is 1.71. The van der Waals surface area contributed by atoms with Crippen molar-refractivity contribution >= 4 is 0 Å². The fourth-order valence-electron chi connectivity index (χ4n) is 0.705. The molecule has 0 spiro atoms. The lowest BCUT2D eigenvalue weighted by Crippen LogP contribution is -2.08. The number of furan rings is 1. The average Bonchev–Trinajstić information content (AvgIpc) is 2.63. The summed E-state index contributed by atoms with van der Waals surface area (Å²) in [7, 11) is 0.